The second kappa shape index (κ2) is 4.43. The van der Waals surface area contributed by atoms with E-state index >= 15 is 0 Å². The molecule has 0 spiro atoms. The smallest absolute Gasteiger partial charge is 0.0963 e. The first-order chi connectivity index (χ1) is 7.86. The van der Waals surface area contributed by atoms with Gasteiger partial charge in [-0.3, -0.25) is 0 Å². The Morgan fingerprint density at radius 3 is 2.81 bits per heavy atom. The summed E-state index contributed by atoms with van der Waals surface area (Å²) in [5, 5.41) is 4.89. The van der Waals surface area contributed by atoms with Crippen LogP contribution in [0.15, 0.2) is 0 Å². The van der Waals surface area contributed by atoms with Gasteiger partial charge >= 0.3 is 0 Å². The zero-order valence-corrected chi connectivity index (χ0v) is 10.5. The van der Waals surface area contributed by atoms with E-state index in [1.54, 1.807) is 7.11 Å². The normalized spacial score (nSPS) is 20.3. The molecule has 88 valence electrons. The van der Waals surface area contributed by atoms with E-state index in [-0.39, 0.29) is 0 Å². The molecule has 2 aliphatic carbocycles. The lowest BCUT2D eigenvalue weighted by atomic mass is 10.3. The number of nitrogens with one attached hydrogen (secondary N) is 1. The van der Waals surface area contributed by atoms with Gasteiger partial charge in [-0.2, -0.15) is 0 Å². The van der Waals surface area contributed by atoms with Crippen molar-refractivity contribution in [2.75, 3.05) is 7.11 Å². The standard InChI is InChI=1S/C12H18N2OS/c1-15-7-10-11(6-13-9-4-5-9)16-12(14-10)8-2-3-8/h8-9,13H,2-7H2,1H3. The van der Waals surface area contributed by atoms with Gasteiger partial charge in [0, 0.05) is 30.5 Å². The first-order valence-corrected chi connectivity index (χ1v) is 6.89. The summed E-state index contributed by atoms with van der Waals surface area (Å²) in [5.74, 6) is 0.760. The molecule has 1 aromatic heterocycles. The summed E-state index contributed by atoms with van der Waals surface area (Å²) in [5.41, 5.74) is 1.16. The number of hydrogen-bond donors (Lipinski definition) is 1. The summed E-state index contributed by atoms with van der Waals surface area (Å²) in [7, 11) is 1.74. The summed E-state index contributed by atoms with van der Waals surface area (Å²) in [6.45, 7) is 1.64. The molecule has 1 aromatic rings. The van der Waals surface area contributed by atoms with Gasteiger partial charge in [0.25, 0.3) is 0 Å². The highest BCUT2D eigenvalue weighted by Crippen LogP contribution is 2.42. The van der Waals surface area contributed by atoms with Crippen LogP contribution in [0.3, 0.4) is 0 Å². The largest absolute Gasteiger partial charge is 0.378 e. The van der Waals surface area contributed by atoms with Gasteiger partial charge in [-0.1, -0.05) is 0 Å². The van der Waals surface area contributed by atoms with Crippen molar-refractivity contribution in [1.82, 2.24) is 10.3 Å². The van der Waals surface area contributed by atoms with Gasteiger partial charge in [0.1, 0.15) is 0 Å². The fourth-order valence-electron chi connectivity index (χ4n) is 1.82. The molecule has 1 N–H and O–H groups in total. The van der Waals surface area contributed by atoms with Crippen LogP contribution in [0.5, 0.6) is 0 Å². The van der Waals surface area contributed by atoms with Gasteiger partial charge < -0.3 is 10.1 Å². The highest BCUT2D eigenvalue weighted by atomic mass is 32.1. The second-order valence-electron chi connectivity index (χ2n) is 4.78. The van der Waals surface area contributed by atoms with Crippen molar-refractivity contribution in [3.8, 4) is 0 Å². The van der Waals surface area contributed by atoms with Crippen molar-refractivity contribution in [3.05, 3.63) is 15.6 Å². The van der Waals surface area contributed by atoms with Crippen molar-refractivity contribution >= 4 is 11.3 Å². The molecule has 0 radical (unpaired) electrons. The lowest BCUT2D eigenvalue weighted by Crippen LogP contribution is -2.15. The van der Waals surface area contributed by atoms with Gasteiger partial charge in [-0.15, -0.1) is 11.3 Å². The molecule has 2 saturated carbocycles. The van der Waals surface area contributed by atoms with Gasteiger partial charge in [0.15, 0.2) is 0 Å². The molecule has 3 rings (SSSR count). The number of rotatable bonds is 6. The van der Waals surface area contributed by atoms with Crippen LogP contribution in [0.2, 0.25) is 0 Å². The number of nitrogens with zero attached hydrogens (tertiary/aromatic N) is 1. The Balaban J connectivity index is 1.70. The quantitative estimate of drug-likeness (QED) is 0.826. The van der Waals surface area contributed by atoms with Gasteiger partial charge in [0.2, 0.25) is 0 Å². The number of methoxy groups -OCH3 is 1. The molecular weight excluding hydrogens is 220 g/mol. The second-order valence-corrected chi connectivity index (χ2v) is 5.90. The SMILES string of the molecule is COCc1nc(C2CC2)sc1CNC1CC1. The molecule has 0 saturated heterocycles. The van der Waals surface area contributed by atoms with Crippen LogP contribution in [-0.4, -0.2) is 18.1 Å². The first kappa shape index (κ1) is 10.7. The van der Waals surface area contributed by atoms with E-state index in [1.807, 2.05) is 11.3 Å². The maximum absolute atomic E-state index is 5.22. The number of hydrogen-bond acceptors (Lipinski definition) is 4. The van der Waals surface area contributed by atoms with Crippen molar-refractivity contribution < 1.29 is 4.74 Å². The topological polar surface area (TPSA) is 34.1 Å². The minimum atomic E-state index is 0.658. The minimum absolute atomic E-state index is 0.658. The Bertz CT molecular complexity index is 369. The molecule has 0 unspecified atom stereocenters. The summed E-state index contributed by atoms with van der Waals surface area (Å²) < 4.78 is 5.22. The maximum atomic E-state index is 5.22. The van der Waals surface area contributed by atoms with Crippen molar-refractivity contribution in [2.45, 2.75) is 50.8 Å². The maximum Gasteiger partial charge on any atom is 0.0963 e. The van der Waals surface area contributed by atoms with Gasteiger partial charge in [-0.25, -0.2) is 4.98 Å². The summed E-state index contributed by atoms with van der Waals surface area (Å²) >= 11 is 1.89. The average Bonchev–Trinajstić information content (AvgIpc) is 3.16. The van der Waals surface area contributed by atoms with E-state index in [4.69, 9.17) is 9.72 Å². The molecule has 4 heteroatoms. The Hall–Kier alpha value is -0.450. The van der Waals surface area contributed by atoms with E-state index in [2.05, 4.69) is 5.32 Å². The predicted molar refractivity (Wildman–Crippen MR) is 64.7 cm³/mol. The highest BCUT2D eigenvalue weighted by Gasteiger charge is 2.28. The molecule has 0 atom stereocenters. The Labute approximate surface area is 100 Å². The molecule has 2 fully saturated rings. The molecule has 0 bridgehead atoms. The van der Waals surface area contributed by atoms with Gasteiger partial charge in [0.05, 0.1) is 17.3 Å². The summed E-state index contributed by atoms with van der Waals surface area (Å²) in [4.78, 5) is 6.10. The number of ether oxygens (including phenoxy) is 1. The third kappa shape index (κ3) is 2.44. The van der Waals surface area contributed by atoms with Crippen molar-refractivity contribution in [2.24, 2.45) is 0 Å². The molecule has 3 nitrogen and oxygen atoms in total. The lowest BCUT2D eigenvalue weighted by molar-refractivity contribution is 0.181. The summed E-state index contributed by atoms with van der Waals surface area (Å²) in [6.07, 6.45) is 5.34. The zero-order valence-electron chi connectivity index (χ0n) is 9.66. The fourth-order valence-corrected chi connectivity index (χ4v) is 3.01. The monoisotopic (exact) mass is 238 g/mol. The van der Waals surface area contributed by atoms with E-state index in [9.17, 15) is 0 Å². The molecule has 16 heavy (non-hydrogen) atoms. The van der Waals surface area contributed by atoms with E-state index < -0.39 is 0 Å². The molecule has 0 aliphatic heterocycles. The van der Waals surface area contributed by atoms with Crippen LogP contribution >= 0.6 is 11.3 Å². The summed E-state index contributed by atoms with van der Waals surface area (Å²) in [6, 6.07) is 0.766. The van der Waals surface area contributed by atoms with Crippen molar-refractivity contribution in [1.29, 1.82) is 0 Å². The third-order valence-electron chi connectivity index (χ3n) is 3.13. The molecule has 0 amide bonds. The number of aromatic nitrogens is 1. The van der Waals surface area contributed by atoms with E-state index in [0.717, 1.165) is 24.2 Å². The average molecular weight is 238 g/mol. The number of thiazole rings is 1. The van der Waals surface area contributed by atoms with Crippen LogP contribution in [-0.2, 0) is 17.9 Å². The van der Waals surface area contributed by atoms with Crippen LogP contribution < -0.4 is 5.32 Å². The van der Waals surface area contributed by atoms with E-state index in [1.165, 1.54) is 35.6 Å². The van der Waals surface area contributed by atoms with Crippen LogP contribution in [0.1, 0.15) is 47.2 Å². The predicted octanol–water partition coefficient (Wildman–Crippen LogP) is 2.42. The third-order valence-corrected chi connectivity index (χ3v) is 4.39. The van der Waals surface area contributed by atoms with Crippen LogP contribution in [0.25, 0.3) is 0 Å². The molecule has 2 aliphatic rings. The molecular formula is C12H18N2OS. The van der Waals surface area contributed by atoms with Crippen molar-refractivity contribution in [3.63, 3.8) is 0 Å². The lowest BCUT2D eigenvalue weighted by Gasteiger charge is -2.02. The first-order valence-electron chi connectivity index (χ1n) is 6.07. The van der Waals surface area contributed by atoms with Crippen LogP contribution in [0.4, 0.5) is 0 Å². The van der Waals surface area contributed by atoms with Gasteiger partial charge in [-0.05, 0) is 25.7 Å². The van der Waals surface area contributed by atoms with E-state index in [0.29, 0.717) is 6.61 Å². The molecule has 1 heterocycles. The Morgan fingerprint density at radius 2 is 2.19 bits per heavy atom. The minimum Gasteiger partial charge on any atom is -0.378 e. The Morgan fingerprint density at radius 1 is 1.38 bits per heavy atom. The van der Waals surface area contributed by atoms with Crippen LogP contribution in [0, 0.1) is 0 Å². The fraction of sp³-hybridized carbons (Fsp3) is 0.750. The zero-order chi connectivity index (χ0) is 11.0. The molecule has 0 aromatic carbocycles. The Kier molecular flexibility index (Phi) is 2.96. The highest BCUT2D eigenvalue weighted by molar-refractivity contribution is 7.11.